The zero-order valence-electron chi connectivity index (χ0n) is 17.4. The molecule has 2 aromatic heterocycles. The molecule has 0 radical (unpaired) electrons. The summed E-state index contributed by atoms with van der Waals surface area (Å²) in [6.45, 7) is 0. The molecule has 0 bridgehead atoms. The van der Waals surface area contributed by atoms with Crippen molar-refractivity contribution in [1.29, 1.82) is 0 Å². The molecule has 0 amide bonds. The fraction of sp³-hybridized carbons (Fsp3) is 0.0909. The molecule has 0 saturated carbocycles. The molecule has 166 valence electrons. The van der Waals surface area contributed by atoms with Crippen molar-refractivity contribution in [3.63, 3.8) is 0 Å². The van der Waals surface area contributed by atoms with Crippen LogP contribution in [0.15, 0.2) is 54.2 Å². The van der Waals surface area contributed by atoms with Crippen molar-refractivity contribution in [3.05, 3.63) is 75.4 Å². The Morgan fingerprint density at radius 1 is 1.03 bits per heavy atom. The molecule has 0 fully saturated rings. The van der Waals surface area contributed by atoms with Crippen LogP contribution in [-0.2, 0) is 9.47 Å². The number of benzene rings is 2. The smallest absolute Gasteiger partial charge is 0.337 e. The fourth-order valence-electron chi connectivity index (χ4n) is 3.28. The SMILES string of the molecule is COC(=O)c1cc(Nc2ncnc3scc(-c4cccc([N+](=O)[O-])c4)c23)cc(C(=O)OC)c1. The van der Waals surface area contributed by atoms with Crippen LogP contribution in [0.3, 0.4) is 0 Å². The van der Waals surface area contributed by atoms with Crippen LogP contribution >= 0.6 is 11.3 Å². The second kappa shape index (κ2) is 9.01. The number of rotatable bonds is 6. The second-order valence-electron chi connectivity index (χ2n) is 6.77. The molecule has 0 aliphatic carbocycles. The number of anilines is 2. The second-order valence-corrected chi connectivity index (χ2v) is 7.62. The summed E-state index contributed by atoms with van der Waals surface area (Å²) in [5.74, 6) is -0.838. The molecule has 0 atom stereocenters. The maximum atomic E-state index is 12.1. The summed E-state index contributed by atoms with van der Waals surface area (Å²) in [4.78, 5) is 44.2. The number of non-ortho nitro benzene ring substituents is 1. The van der Waals surface area contributed by atoms with Crippen LogP contribution in [0.1, 0.15) is 20.7 Å². The Kier molecular flexibility index (Phi) is 5.96. The third kappa shape index (κ3) is 4.34. The molecule has 1 N–H and O–H groups in total. The third-order valence-corrected chi connectivity index (χ3v) is 5.66. The third-order valence-electron chi connectivity index (χ3n) is 4.78. The molecule has 33 heavy (non-hydrogen) atoms. The van der Waals surface area contributed by atoms with Crippen molar-refractivity contribution in [2.75, 3.05) is 19.5 Å². The van der Waals surface area contributed by atoms with Gasteiger partial charge in [0, 0.05) is 28.8 Å². The number of hydrogen-bond donors (Lipinski definition) is 1. The topological polar surface area (TPSA) is 134 Å². The number of carbonyl (C=O) groups is 2. The summed E-state index contributed by atoms with van der Waals surface area (Å²) in [6, 6.07) is 10.7. The Morgan fingerprint density at radius 3 is 2.36 bits per heavy atom. The average molecular weight is 464 g/mol. The highest BCUT2D eigenvalue weighted by Gasteiger charge is 2.18. The van der Waals surface area contributed by atoms with Gasteiger partial charge < -0.3 is 14.8 Å². The maximum absolute atomic E-state index is 12.1. The van der Waals surface area contributed by atoms with E-state index >= 15 is 0 Å². The Labute approximate surface area is 191 Å². The zero-order chi connectivity index (χ0) is 23.5. The maximum Gasteiger partial charge on any atom is 0.337 e. The predicted molar refractivity (Wildman–Crippen MR) is 122 cm³/mol. The summed E-state index contributed by atoms with van der Waals surface area (Å²) in [5.41, 5.74) is 2.00. The van der Waals surface area contributed by atoms with Crippen molar-refractivity contribution in [2.24, 2.45) is 0 Å². The van der Waals surface area contributed by atoms with Gasteiger partial charge in [0.1, 0.15) is 17.0 Å². The number of nitrogens with one attached hydrogen (secondary N) is 1. The van der Waals surface area contributed by atoms with Crippen LogP contribution in [0.25, 0.3) is 21.3 Å². The number of ether oxygens (including phenoxy) is 2. The standard InChI is InChI=1S/C22H16N4O6S/c1-31-21(27)13-6-14(22(28)32-2)8-15(7-13)25-19-18-17(10-33-20(18)24-11-23-19)12-4-3-5-16(9-12)26(29)30/h3-11H,1-2H3,(H,23,24,25). The molecule has 10 nitrogen and oxygen atoms in total. The van der Waals surface area contributed by atoms with Gasteiger partial charge in [-0.05, 0) is 23.8 Å². The van der Waals surface area contributed by atoms with Crippen molar-refractivity contribution < 1.29 is 24.0 Å². The van der Waals surface area contributed by atoms with Gasteiger partial charge in [-0.2, -0.15) is 0 Å². The van der Waals surface area contributed by atoms with E-state index in [-0.39, 0.29) is 16.8 Å². The normalized spacial score (nSPS) is 10.6. The van der Waals surface area contributed by atoms with Crippen LogP contribution in [0.2, 0.25) is 0 Å². The van der Waals surface area contributed by atoms with Gasteiger partial charge in [0.05, 0.1) is 35.7 Å². The van der Waals surface area contributed by atoms with Gasteiger partial charge >= 0.3 is 11.9 Å². The Balaban J connectivity index is 1.83. The summed E-state index contributed by atoms with van der Waals surface area (Å²) in [7, 11) is 2.48. The predicted octanol–water partition coefficient (Wildman–Crippen LogP) is 4.58. The van der Waals surface area contributed by atoms with E-state index in [0.29, 0.717) is 32.8 Å². The van der Waals surface area contributed by atoms with Crippen LogP contribution in [0.5, 0.6) is 0 Å². The van der Waals surface area contributed by atoms with Crippen LogP contribution in [0.4, 0.5) is 17.2 Å². The van der Waals surface area contributed by atoms with Gasteiger partial charge in [0.15, 0.2) is 0 Å². The van der Waals surface area contributed by atoms with E-state index in [0.717, 1.165) is 0 Å². The number of hydrogen-bond acceptors (Lipinski definition) is 10. The molecular weight excluding hydrogens is 448 g/mol. The number of nitro groups is 1. The molecule has 0 unspecified atom stereocenters. The largest absolute Gasteiger partial charge is 0.465 e. The molecule has 0 aliphatic rings. The minimum atomic E-state index is -0.621. The van der Waals surface area contributed by atoms with Crippen molar-refractivity contribution in [2.45, 2.75) is 0 Å². The monoisotopic (exact) mass is 464 g/mol. The van der Waals surface area contributed by atoms with Gasteiger partial charge in [0.2, 0.25) is 0 Å². The van der Waals surface area contributed by atoms with Gasteiger partial charge in [0.25, 0.3) is 5.69 Å². The lowest BCUT2D eigenvalue weighted by molar-refractivity contribution is -0.384. The zero-order valence-corrected chi connectivity index (χ0v) is 18.2. The van der Waals surface area contributed by atoms with Crippen molar-refractivity contribution in [3.8, 4) is 11.1 Å². The van der Waals surface area contributed by atoms with E-state index in [1.807, 2.05) is 5.38 Å². The number of fused-ring (bicyclic) bond motifs is 1. The molecule has 2 heterocycles. The number of nitrogens with zero attached hydrogens (tertiary/aromatic N) is 3. The lowest BCUT2D eigenvalue weighted by Gasteiger charge is -2.11. The summed E-state index contributed by atoms with van der Waals surface area (Å²) < 4.78 is 9.55. The van der Waals surface area contributed by atoms with E-state index in [4.69, 9.17) is 9.47 Å². The number of thiophene rings is 1. The summed E-state index contributed by atoms with van der Waals surface area (Å²) in [6.07, 6.45) is 1.38. The van der Waals surface area contributed by atoms with Gasteiger partial charge in [-0.3, -0.25) is 10.1 Å². The van der Waals surface area contributed by atoms with E-state index in [1.165, 1.54) is 62.2 Å². The quantitative estimate of drug-likeness (QED) is 0.247. The number of methoxy groups -OCH3 is 2. The fourth-order valence-corrected chi connectivity index (χ4v) is 4.19. The lowest BCUT2D eigenvalue weighted by atomic mass is 10.1. The highest BCUT2D eigenvalue weighted by atomic mass is 32.1. The Bertz CT molecular complexity index is 1370. The van der Waals surface area contributed by atoms with Crippen LogP contribution in [0, 0.1) is 10.1 Å². The highest BCUT2D eigenvalue weighted by Crippen LogP contribution is 2.38. The average Bonchev–Trinajstić information content (AvgIpc) is 3.28. The van der Waals surface area contributed by atoms with Crippen LogP contribution in [-0.4, -0.2) is 41.0 Å². The minimum Gasteiger partial charge on any atom is -0.465 e. The van der Waals surface area contributed by atoms with E-state index in [1.54, 1.807) is 12.1 Å². The molecular formula is C22H16N4O6S. The van der Waals surface area contributed by atoms with Crippen LogP contribution < -0.4 is 5.32 Å². The molecule has 0 saturated heterocycles. The Morgan fingerprint density at radius 2 is 1.73 bits per heavy atom. The van der Waals surface area contributed by atoms with Crippen molar-refractivity contribution in [1.82, 2.24) is 9.97 Å². The van der Waals surface area contributed by atoms with Gasteiger partial charge in [-0.15, -0.1) is 11.3 Å². The molecule has 0 aliphatic heterocycles. The number of nitro benzene ring substituents is 1. The van der Waals surface area contributed by atoms with Crippen molar-refractivity contribution >= 4 is 50.7 Å². The first-order chi connectivity index (χ1) is 15.9. The van der Waals surface area contributed by atoms with Gasteiger partial charge in [-0.1, -0.05) is 12.1 Å². The van der Waals surface area contributed by atoms with E-state index < -0.39 is 16.9 Å². The minimum absolute atomic E-state index is 0.0355. The first kappa shape index (κ1) is 21.8. The van der Waals surface area contributed by atoms with E-state index in [2.05, 4.69) is 15.3 Å². The first-order valence-electron chi connectivity index (χ1n) is 9.47. The molecule has 4 rings (SSSR count). The first-order valence-corrected chi connectivity index (χ1v) is 10.3. The molecule has 11 heteroatoms. The highest BCUT2D eigenvalue weighted by molar-refractivity contribution is 7.17. The van der Waals surface area contributed by atoms with E-state index in [9.17, 15) is 19.7 Å². The number of carbonyl (C=O) groups excluding carboxylic acids is 2. The number of esters is 2. The molecule has 0 spiro atoms. The molecule has 4 aromatic rings. The van der Waals surface area contributed by atoms with Gasteiger partial charge in [-0.25, -0.2) is 19.6 Å². The number of aromatic nitrogens is 2. The summed E-state index contributed by atoms with van der Waals surface area (Å²) in [5, 5.41) is 16.8. The molecule has 2 aromatic carbocycles. The summed E-state index contributed by atoms with van der Waals surface area (Å²) >= 11 is 1.36. The Hall–Kier alpha value is -4.38. The lowest BCUT2D eigenvalue weighted by Crippen LogP contribution is -2.08.